The second-order valence-corrected chi connectivity index (χ2v) is 7.72. The van der Waals surface area contributed by atoms with Crippen LogP contribution in [0.4, 0.5) is 0 Å². The van der Waals surface area contributed by atoms with Crippen LogP contribution in [-0.2, 0) is 6.42 Å². The monoisotopic (exact) mass is 341 g/mol. The third kappa shape index (κ3) is 3.43. The zero-order chi connectivity index (χ0) is 17.8. The first-order valence-electron chi connectivity index (χ1n) is 10.5. The van der Waals surface area contributed by atoms with E-state index in [0.717, 1.165) is 0 Å². The average molecular weight is 342 g/mol. The zero-order valence-corrected chi connectivity index (χ0v) is 16.0. The van der Waals surface area contributed by atoms with Gasteiger partial charge in [-0.15, -0.1) is 0 Å². The summed E-state index contributed by atoms with van der Waals surface area (Å²) in [4.78, 5) is 0. The first kappa shape index (κ1) is 17.3. The van der Waals surface area contributed by atoms with Gasteiger partial charge in [-0.2, -0.15) is 0 Å². The molecule has 0 nitrogen and oxygen atoms in total. The number of hydrogen-bond donors (Lipinski definition) is 0. The van der Waals surface area contributed by atoms with Gasteiger partial charge in [0, 0.05) is 0 Å². The van der Waals surface area contributed by atoms with E-state index in [1.54, 1.807) is 0 Å². The summed E-state index contributed by atoms with van der Waals surface area (Å²) in [5, 5.41) is 8.21. The van der Waals surface area contributed by atoms with E-state index in [0.29, 0.717) is 0 Å². The second-order valence-electron chi connectivity index (χ2n) is 7.72. The third-order valence-corrected chi connectivity index (χ3v) is 5.82. The van der Waals surface area contributed by atoms with Gasteiger partial charge >= 0.3 is 0 Å². The largest absolute Gasteiger partial charge is 0.0654 e. The van der Waals surface area contributed by atoms with Crippen molar-refractivity contribution >= 4 is 32.3 Å². The fourth-order valence-electron chi connectivity index (χ4n) is 4.37. The Balaban J connectivity index is 1.49. The van der Waals surface area contributed by atoms with Gasteiger partial charge in [-0.25, -0.2) is 0 Å². The standard InChI is InChI=1S/C26H29/c1-2-3-4-5-6-7-8-9-11-20-14-15-23-17-16-21-12-10-13-22-18-19-24(20)26(23)25(21)22/h10,12-14,16-19H,2-9,11H2,1H3. The molecule has 0 aliphatic carbocycles. The molecule has 0 heterocycles. The normalized spacial score (nSPS) is 11.9. The van der Waals surface area contributed by atoms with Gasteiger partial charge in [-0.1, -0.05) is 94.3 Å². The molecule has 4 aromatic rings. The minimum Gasteiger partial charge on any atom is -0.0654 e. The van der Waals surface area contributed by atoms with Crippen LogP contribution < -0.4 is 0 Å². The van der Waals surface area contributed by atoms with Crippen LogP contribution in [0.3, 0.4) is 0 Å². The molecule has 0 atom stereocenters. The first-order valence-corrected chi connectivity index (χ1v) is 10.5. The Morgan fingerprint density at radius 2 is 1.38 bits per heavy atom. The first-order chi connectivity index (χ1) is 12.9. The Bertz CT molecular complexity index is 963. The molecule has 0 aliphatic rings. The number of unbranched alkanes of at least 4 members (excludes halogenated alkanes) is 7. The van der Waals surface area contributed by atoms with Gasteiger partial charge in [0.15, 0.2) is 0 Å². The fourth-order valence-corrected chi connectivity index (χ4v) is 4.37. The number of hydrogen-bond acceptors (Lipinski definition) is 0. The van der Waals surface area contributed by atoms with Crippen molar-refractivity contribution in [1.29, 1.82) is 0 Å². The molecule has 4 rings (SSSR count). The lowest BCUT2D eigenvalue weighted by molar-refractivity contribution is 0.576. The van der Waals surface area contributed by atoms with Gasteiger partial charge in [-0.05, 0) is 62.9 Å². The Kier molecular flexibility index (Phi) is 5.39. The fraction of sp³-hybridized carbons (Fsp3) is 0.385. The third-order valence-electron chi connectivity index (χ3n) is 5.82. The van der Waals surface area contributed by atoms with Crippen molar-refractivity contribution in [2.24, 2.45) is 0 Å². The molecule has 0 spiro atoms. The molecule has 0 heteroatoms. The quantitative estimate of drug-likeness (QED) is 0.213. The Labute approximate surface area is 157 Å². The van der Waals surface area contributed by atoms with E-state index in [-0.39, 0.29) is 0 Å². The summed E-state index contributed by atoms with van der Waals surface area (Å²) in [5.41, 5.74) is 1.47. The van der Waals surface area contributed by atoms with E-state index in [4.69, 9.17) is 0 Å². The lowest BCUT2D eigenvalue weighted by atomic mass is 9.90. The van der Waals surface area contributed by atoms with E-state index >= 15 is 0 Å². The minimum absolute atomic E-state index is 1.18. The molecular weight excluding hydrogens is 312 g/mol. The van der Waals surface area contributed by atoms with Gasteiger partial charge < -0.3 is 0 Å². The van der Waals surface area contributed by atoms with Crippen LogP contribution in [0.2, 0.25) is 0 Å². The number of rotatable bonds is 9. The zero-order valence-electron chi connectivity index (χ0n) is 16.0. The summed E-state index contributed by atoms with van der Waals surface area (Å²) in [6, 6.07) is 21.5. The van der Waals surface area contributed by atoms with E-state index in [2.05, 4.69) is 61.5 Å². The van der Waals surface area contributed by atoms with Crippen molar-refractivity contribution < 1.29 is 0 Å². The maximum atomic E-state index is 3.55. The van der Waals surface area contributed by atoms with Crippen LogP contribution in [0.1, 0.15) is 63.9 Å². The van der Waals surface area contributed by atoms with E-state index in [1.807, 2.05) is 0 Å². The lowest BCUT2D eigenvalue weighted by Crippen LogP contribution is -1.91. The molecule has 0 unspecified atom stereocenters. The highest BCUT2D eigenvalue weighted by Crippen LogP contribution is 2.36. The summed E-state index contributed by atoms with van der Waals surface area (Å²) in [7, 11) is 0. The number of benzene rings is 4. The molecular formula is C26H29. The van der Waals surface area contributed by atoms with Crippen molar-refractivity contribution in [2.45, 2.75) is 64.7 Å². The molecule has 0 N–H and O–H groups in total. The molecule has 0 saturated carbocycles. The minimum atomic E-state index is 1.18. The van der Waals surface area contributed by atoms with Gasteiger partial charge in [0.05, 0.1) is 0 Å². The summed E-state index contributed by atoms with van der Waals surface area (Å²) in [6.07, 6.45) is 12.2. The molecule has 133 valence electrons. The lowest BCUT2D eigenvalue weighted by Gasteiger charge is -2.13. The van der Waals surface area contributed by atoms with Gasteiger partial charge in [0.1, 0.15) is 0 Å². The molecule has 0 fully saturated rings. The predicted octanol–water partition coefficient (Wildman–Crippen LogP) is 8.07. The summed E-state index contributed by atoms with van der Waals surface area (Å²) >= 11 is 0. The van der Waals surface area contributed by atoms with Crippen molar-refractivity contribution in [3.63, 3.8) is 0 Å². The van der Waals surface area contributed by atoms with Crippen LogP contribution in [0.25, 0.3) is 32.3 Å². The maximum Gasteiger partial charge on any atom is -0.00178 e. The Hall–Kier alpha value is -2.08. The van der Waals surface area contributed by atoms with Gasteiger partial charge in [-0.3, -0.25) is 0 Å². The van der Waals surface area contributed by atoms with Gasteiger partial charge in [0.25, 0.3) is 0 Å². The van der Waals surface area contributed by atoms with Crippen molar-refractivity contribution in [3.05, 3.63) is 60.2 Å². The number of aryl methyl sites for hydroxylation is 1. The van der Waals surface area contributed by atoms with Crippen molar-refractivity contribution in [1.82, 2.24) is 0 Å². The van der Waals surface area contributed by atoms with Crippen molar-refractivity contribution in [2.75, 3.05) is 0 Å². The van der Waals surface area contributed by atoms with Crippen LogP contribution in [0.5, 0.6) is 0 Å². The van der Waals surface area contributed by atoms with Crippen molar-refractivity contribution in [3.8, 4) is 0 Å². The summed E-state index contributed by atoms with van der Waals surface area (Å²) in [6.45, 7) is 2.29. The van der Waals surface area contributed by atoms with Crippen LogP contribution in [0.15, 0.2) is 48.5 Å². The highest BCUT2D eigenvalue weighted by molar-refractivity contribution is 6.23. The highest BCUT2D eigenvalue weighted by Gasteiger charge is 2.10. The molecule has 0 saturated heterocycles. The SMILES string of the molecule is CCCCCCCCCCc1c[c]c2ccc3cccc4ccc1c2c34. The van der Waals surface area contributed by atoms with Crippen LogP contribution in [-0.4, -0.2) is 0 Å². The Morgan fingerprint density at radius 3 is 2.15 bits per heavy atom. The molecule has 1 radical (unpaired) electrons. The predicted molar refractivity (Wildman–Crippen MR) is 115 cm³/mol. The Morgan fingerprint density at radius 1 is 0.692 bits per heavy atom. The maximum absolute atomic E-state index is 3.55. The van der Waals surface area contributed by atoms with E-state index in [1.165, 1.54) is 95.7 Å². The second kappa shape index (κ2) is 8.08. The summed E-state index contributed by atoms with van der Waals surface area (Å²) < 4.78 is 0. The van der Waals surface area contributed by atoms with Crippen LogP contribution in [0, 0.1) is 6.07 Å². The molecule has 0 aromatic heterocycles. The molecule has 26 heavy (non-hydrogen) atoms. The van der Waals surface area contributed by atoms with E-state index in [9.17, 15) is 0 Å². The van der Waals surface area contributed by atoms with Gasteiger partial charge in [0.2, 0.25) is 0 Å². The topological polar surface area (TPSA) is 0 Å². The highest BCUT2D eigenvalue weighted by atomic mass is 14.1. The molecule has 0 amide bonds. The van der Waals surface area contributed by atoms with E-state index < -0.39 is 0 Å². The van der Waals surface area contributed by atoms with Crippen LogP contribution >= 0.6 is 0 Å². The molecule has 4 aromatic carbocycles. The average Bonchev–Trinajstić information content (AvgIpc) is 2.69. The molecule has 0 bridgehead atoms. The smallest absolute Gasteiger partial charge is 0.00178 e. The molecule has 0 aliphatic heterocycles. The summed E-state index contributed by atoms with van der Waals surface area (Å²) in [5.74, 6) is 0.